The molecule has 14 heavy (non-hydrogen) atoms. The average molecular weight is 233 g/mol. The van der Waals surface area contributed by atoms with E-state index in [0.29, 0.717) is 6.42 Å². The second-order valence-corrected chi connectivity index (χ2v) is 4.11. The van der Waals surface area contributed by atoms with E-state index < -0.39 is 10.4 Å². The quantitative estimate of drug-likeness (QED) is 0.394. The van der Waals surface area contributed by atoms with E-state index >= 15 is 0 Å². The van der Waals surface area contributed by atoms with Crippen LogP contribution in [0.25, 0.3) is 0 Å². The third kappa shape index (κ3) is 15.3. The van der Waals surface area contributed by atoms with Crippen LogP contribution in [-0.4, -0.2) is 49.1 Å². The van der Waals surface area contributed by atoms with E-state index in [4.69, 9.17) is 4.55 Å². The molecule has 0 saturated carbocycles. The number of rotatable bonds is 8. The van der Waals surface area contributed by atoms with E-state index in [-0.39, 0.29) is 36.2 Å². The number of unbranched alkanes of at least 4 members (excludes halogenated alkanes) is 5. The van der Waals surface area contributed by atoms with E-state index in [1.54, 1.807) is 0 Å². The monoisotopic (exact) mass is 233 g/mol. The Labute approximate surface area is 109 Å². The molecule has 0 aromatic rings. The molecular weight excluding hydrogens is 215 g/mol. The number of hydrogen-bond acceptors (Lipinski definition) is 3. The normalized spacial score (nSPS) is 11.0. The van der Waals surface area contributed by atoms with Gasteiger partial charge >= 0.3 is 10.4 Å². The van der Waals surface area contributed by atoms with Crippen LogP contribution >= 0.6 is 0 Å². The van der Waals surface area contributed by atoms with Crippen molar-refractivity contribution in [3.05, 3.63) is 0 Å². The minimum atomic E-state index is -4.22. The molecule has 0 aliphatic carbocycles. The fourth-order valence-corrected chi connectivity index (χ4v) is 1.38. The molecule has 0 aliphatic rings. The van der Waals surface area contributed by atoms with Gasteiger partial charge in [0, 0.05) is 29.6 Å². The van der Waals surface area contributed by atoms with Crippen molar-refractivity contribution in [2.45, 2.75) is 45.4 Å². The summed E-state index contributed by atoms with van der Waals surface area (Å²) in [4.78, 5) is 0. The van der Waals surface area contributed by atoms with Crippen molar-refractivity contribution in [1.29, 1.82) is 0 Å². The minimum Gasteiger partial charge on any atom is -0.264 e. The van der Waals surface area contributed by atoms with Gasteiger partial charge in [-0.1, -0.05) is 39.0 Å². The summed E-state index contributed by atoms with van der Waals surface area (Å²) >= 11 is 0. The fraction of sp³-hybridized carbons (Fsp3) is 1.00. The van der Waals surface area contributed by atoms with Crippen LogP contribution in [0.5, 0.6) is 0 Å². The van der Waals surface area contributed by atoms with E-state index in [1.807, 2.05) is 0 Å². The molecule has 0 heterocycles. The summed E-state index contributed by atoms with van der Waals surface area (Å²) < 4.78 is 32.6. The topological polar surface area (TPSA) is 63.6 Å². The summed E-state index contributed by atoms with van der Waals surface area (Å²) in [6.07, 6.45) is 6.34. The van der Waals surface area contributed by atoms with Gasteiger partial charge in [-0.05, 0) is 6.42 Å². The van der Waals surface area contributed by atoms with Crippen molar-refractivity contribution in [3.8, 4) is 0 Å². The van der Waals surface area contributed by atoms with Gasteiger partial charge in [-0.25, -0.2) is 4.18 Å². The zero-order chi connectivity index (χ0) is 10.2. The van der Waals surface area contributed by atoms with Crippen molar-refractivity contribution in [2.24, 2.45) is 0 Å². The van der Waals surface area contributed by atoms with Gasteiger partial charge in [-0.2, -0.15) is 8.42 Å². The van der Waals surface area contributed by atoms with Crippen molar-refractivity contribution in [3.63, 3.8) is 0 Å². The van der Waals surface area contributed by atoms with Gasteiger partial charge in [0.1, 0.15) is 0 Å². The van der Waals surface area contributed by atoms with Gasteiger partial charge in [0.25, 0.3) is 0 Å². The van der Waals surface area contributed by atoms with Gasteiger partial charge in [-0.3, -0.25) is 4.55 Å². The largest absolute Gasteiger partial charge is 0.397 e. The molecule has 0 unspecified atom stereocenters. The summed E-state index contributed by atoms with van der Waals surface area (Å²) in [5.74, 6) is 0. The zero-order valence-corrected chi connectivity index (χ0v) is 11.8. The molecule has 1 radical (unpaired) electrons. The van der Waals surface area contributed by atoms with Gasteiger partial charge < -0.3 is 0 Å². The van der Waals surface area contributed by atoms with Gasteiger partial charge in [0.05, 0.1) is 6.61 Å². The van der Waals surface area contributed by atoms with Crippen molar-refractivity contribution in [1.82, 2.24) is 0 Å². The first-order chi connectivity index (χ1) is 6.06. The van der Waals surface area contributed by atoms with Gasteiger partial charge in [-0.15, -0.1) is 0 Å². The molecule has 0 bridgehead atoms. The molecule has 0 aromatic heterocycles. The Hall–Kier alpha value is 0.870. The second kappa shape index (κ2) is 10.4. The minimum absolute atomic E-state index is 0. The Bertz CT molecular complexity index is 203. The summed E-state index contributed by atoms with van der Waals surface area (Å²) in [5.41, 5.74) is 0. The Morgan fingerprint density at radius 3 is 2.07 bits per heavy atom. The maximum absolute atomic E-state index is 10.1. The first-order valence-electron chi connectivity index (χ1n) is 4.68. The first kappa shape index (κ1) is 17.3. The van der Waals surface area contributed by atoms with Crippen molar-refractivity contribution >= 4 is 40.0 Å². The Balaban J connectivity index is 0. The molecule has 0 rings (SSSR count). The van der Waals surface area contributed by atoms with Crippen LogP contribution in [0.4, 0.5) is 0 Å². The Morgan fingerprint density at radius 2 is 1.57 bits per heavy atom. The van der Waals surface area contributed by atoms with Crippen LogP contribution in [-0.2, 0) is 14.6 Å². The van der Waals surface area contributed by atoms with Gasteiger partial charge in [0.2, 0.25) is 0 Å². The molecule has 0 amide bonds. The third-order valence-corrected chi connectivity index (χ3v) is 2.19. The molecule has 1 N–H and O–H groups in total. The van der Waals surface area contributed by atoms with Crippen LogP contribution in [0.1, 0.15) is 45.4 Å². The Morgan fingerprint density at radius 1 is 1.07 bits per heavy atom. The molecule has 4 nitrogen and oxygen atoms in total. The van der Waals surface area contributed by atoms with E-state index in [1.165, 1.54) is 19.3 Å². The van der Waals surface area contributed by atoms with Crippen LogP contribution in [0, 0.1) is 0 Å². The predicted octanol–water partition coefficient (Wildman–Crippen LogP) is 1.79. The molecule has 0 aliphatic heterocycles. The summed E-state index contributed by atoms with van der Waals surface area (Å²) in [6.45, 7) is 2.23. The standard InChI is InChI=1S/C8H18O4S.Na/c1-2-3-4-5-6-7-8-12-13(9,10)11;/h2-8H2,1H3,(H,9,10,11);. The molecular formula is C8H18NaO4S. The fourth-order valence-electron chi connectivity index (χ4n) is 1.05. The van der Waals surface area contributed by atoms with Crippen LogP contribution in [0.2, 0.25) is 0 Å². The SMILES string of the molecule is CCCCCCCCOS(=O)(=O)O.[Na]. The predicted molar refractivity (Wildman–Crippen MR) is 56.6 cm³/mol. The maximum Gasteiger partial charge on any atom is 0.397 e. The second-order valence-electron chi connectivity index (χ2n) is 3.02. The third-order valence-electron chi connectivity index (χ3n) is 1.73. The smallest absolute Gasteiger partial charge is 0.264 e. The Kier molecular flexibility index (Phi) is 12.8. The average Bonchev–Trinajstić information content (AvgIpc) is 2.01. The maximum atomic E-state index is 10.1. The van der Waals surface area contributed by atoms with Crippen LogP contribution in [0.3, 0.4) is 0 Å². The summed E-state index contributed by atoms with van der Waals surface area (Å²) in [6, 6.07) is 0. The molecule has 0 atom stereocenters. The summed E-state index contributed by atoms with van der Waals surface area (Å²) in [5, 5.41) is 0. The van der Waals surface area contributed by atoms with Crippen LogP contribution in [0.15, 0.2) is 0 Å². The molecule has 81 valence electrons. The van der Waals surface area contributed by atoms with E-state index in [2.05, 4.69) is 11.1 Å². The van der Waals surface area contributed by atoms with E-state index in [0.717, 1.165) is 12.8 Å². The number of hydrogen-bond donors (Lipinski definition) is 1. The van der Waals surface area contributed by atoms with Crippen molar-refractivity contribution in [2.75, 3.05) is 6.61 Å². The molecule has 0 spiro atoms. The first-order valence-corrected chi connectivity index (χ1v) is 6.04. The van der Waals surface area contributed by atoms with Gasteiger partial charge in [0.15, 0.2) is 0 Å². The zero-order valence-electron chi connectivity index (χ0n) is 9.03. The van der Waals surface area contributed by atoms with Crippen LogP contribution < -0.4 is 0 Å². The van der Waals surface area contributed by atoms with E-state index in [9.17, 15) is 8.42 Å². The summed E-state index contributed by atoms with van der Waals surface area (Å²) in [7, 11) is -4.22. The molecule has 0 saturated heterocycles. The molecule has 0 aromatic carbocycles. The molecule has 6 heteroatoms. The molecule has 0 fully saturated rings. The van der Waals surface area contributed by atoms with Crippen molar-refractivity contribution < 1.29 is 17.2 Å².